The monoisotopic (exact) mass is 533 g/mol. The van der Waals surface area contributed by atoms with E-state index in [9.17, 15) is 18.3 Å². The Morgan fingerprint density at radius 1 is 0.842 bits per heavy atom. The number of aromatic nitrogens is 2. The Bertz CT molecular complexity index is 1450. The van der Waals surface area contributed by atoms with Gasteiger partial charge >= 0.3 is 5.97 Å². The van der Waals surface area contributed by atoms with Gasteiger partial charge in [0.05, 0.1) is 6.42 Å². The summed E-state index contributed by atoms with van der Waals surface area (Å²) < 4.78 is 34.1. The fourth-order valence-corrected chi connectivity index (χ4v) is 5.67. The minimum absolute atomic E-state index is 0.0328. The lowest BCUT2D eigenvalue weighted by Gasteiger charge is -2.22. The largest absolute Gasteiger partial charge is 0.481 e. The topological polar surface area (TPSA) is 114 Å². The van der Waals surface area contributed by atoms with E-state index in [0.29, 0.717) is 11.1 Å². The molecular weight excluding hydrogens is 502 g/mol. The van der Waals surface area contributed by atoms with Crippen LogP contribution in [0, 0.1) is 0 Å². The molecule has 0 saturated carbocycles. The molecule has 0 radical (unpaired) electrons. The second-order valence-corrected chi connectivity index (χ2v) is 11.1. The van der Waals surface area contributed by atoms with Crippen molar-refractivity contribution in [1.82, 2.24) is 14.6 Å². The van der Waals surface area contributed by atoms with Crippen molar-refractivity contribution in [1.29, 1.82) is 0 Å². The van der Waals surface area contributed by atoms with Crippen molar-refractivity contribution in [3.8, 4) is 0 Å². The summed E-state index contributed by atoms with van der Waals surface area (Å²) >= 11 is 0. The molecule has 8 nitrogen and oxygen atoms in total. The second kappa shape index (κ2) is 12.6. The van der Waals surface area contributed by atoms with E-state index < -0.39 is 16.0 Å². The first-order valence-corrected chi connectivity index (χ1v) is 14.0. The molecule has 0 bridgehead atoms. The predicted octanol–water partition coefficient (Wildman–Crippen LogP) is 5.02. The summed E-state index contributed by atoms with van der Waals surface area (Å²) in [5, 5.41) is 16.7. The van der Waals surface area contributed by atoms with E-state index in [2.05, 4.69) is 17.2 Å². The van der Waals surface area contributed by atoms with E-state index >= 15 is 0 Å². The molecule has 4 rings (SSSR count). The van der Waals surface area contributed by atoms with Crippen molar-refractivity contribution in [2.75, 3.05) is 0 Å². The van der Waals surface area contributed by atoms with Gasteiger partial charge in [0.1, 0.15) is 5.69 Å². The molecule has 0 saturated heterocycles. The van der Waals surface area contributed by atoms with E-state index in [-0.39, 0.29) is 36.7 Å². The molecule has 0 amide bonds. The molecule has 1 heterocycles. The third-order valence-corrected chi connectivity index (χ3v) is 7.96. The van der Waals surface area contributed by atoms with Gasteiger partial charge < -0.3 is 5.11 Å². The smallest absolute Gasteiger partial charge is 0.307 e. The molecule has 0 aliphatic heterocycles. The highest BCUT2D eigenvalue weighted by molar-refractivity contribution is 7.89. The maximum absolute atomic E-state index is 14.0. The van der Waals surface area contributed by atoms with Crippen LogP contribution in [-0.4, -0.2) is 34.1 Å². The standard InChI is InChI=1S/C29H31N3O5S/c1-2-3-8-22-13-15-24(16-14-22)20-32(21-26-12-7-11-25(17-26)19-28(33)34)38(35,36)29-27(30-37-31-29)18-23-9-5-4-6-10-23/h4-7,9-17H,2-3,8,18-21H2,1H3,(H,33,34). The SMILES string of the molecule is CCCCc1ccc(CN(Cc2cccc(CC(=O)O)c2)S(=O)(=O)c2nonc2Cc2ccccc2)cc1. The first-order valence-electron chi connectivity index (χ1n) is 12.6. The van der Waals surface area contributed by atoms with Crippen molar-refractivity contribution in [3.63, 3.8) is 0 Å². The molecule has 4 aromatic rings. The Morgan fingerprint density at radius 2 is 1.50 bits per heavy atom. The first kappa shape index (κ1) is 27.2. The Morgan fingerprint density at radius 3 is 2.21 bits per heavy atom. The summed E-state index contributed by atoms with van der Waals surface area (Å²) in [6.07, 6.45) is 3.28. The van der Waals surface area contributed by atoms with E-state index in [1.807, 2.05) is 54.6 Å². The maximum Gasteiger partial charge on any atom is 0.307 e. The van der Waals surface area contributed by atoms with E-state index in [4.69, 9.17) is 4.63 Å². The highest BCUT2D eigenvalue weighted by Crippen LogP contribution is 2.24. The first-order chi connectivity index (χ1) is 18.3. The summed E-state index contributed by atoms with van der Waals surface area (Å²) in [6, 6.07) is 24.3. The molecule has 0 fully saturated rings. The molecule has 0 aliphatic rings. The van der Waals surface area contributed by atoms with Crippen LogP contribution in [0.5, 0.6) is 0 Å². The number of unbranched alkanes of at least 4 members (excludes halogenated alkanes) is 1. The van der Waals surface area contributed by atoms with Gasteiger partial charge in [-0.05, 0) is 45.8 Å². The Balaban J connectivity index is 1.65. The summed E-state index contributed by atoms with van der Waals surface area (Å²) in [4.78, 5) is 11.2. The minimum atomic E-state index is -4.12. The quantitative estimate of drug-likeness (QED) is 0.257. The molecular formula is C29H31N3O5S. The lowest BCUT2D eigenvalue weighted by molar-refractivity contribution is -0.136. The van der Waals surface area contributed by atoms with Gasteiger partial charge in [-0.25, -0.2) is 13.0 Å². The Kier molecular flexibility index (Phi) is 9.04. The van der Waals surface area contributed by atoms with Crippen LogP contribution in [0.4, 0.5) is 0 Å². The van der Waals surface area contributed by atoms with Gasteiger partial charge in [-0.15, -0.1) is 0 Å². The van der Waals surface area contributed by atoms with Crippen molar-refractivity contribution in [2.24, 2.45) is 0 Å². The molecule has 0 aliphatic carbocycles. The molecule has 3 aromatic carbocycles. The normalized spacial score (nSPS) is 11.6. The fourth-order valence-electron chi connectivity index (χ4n) is 4.25. The zero-order valence-corrected chi connectivity index (χ0v) is 22.1. The molecule has 0 spiro atoms. The van der Waals surface area contributed by atoms with Crippen LogP contribution in [0.25, 0.3) is 0 Å². The molecule has 38 heavy (non-hydrogen) atoms. The number of aliphatic carboxylic acids is 1. The van der Waals surface area contributed by atoms with Crippen molar-refractivity contribution < 1.29 is 22.9 Å². The van der Waals surface area contributed by atoms with Crippen LogP contribution < -0.4 is 0 Å². The maximum atomic E-state index is 14.0. The van der Waals surface area contributed by atoms with Gasteiger partial charge in [0.15, 0.2) is 0 Å². The summed E-state index contributed by atoms with van der Waals surface area (Å²) in [6.45, 7) is 2.29. The average Bonchev–Trinajstić information content (AvgIpc) is 3.37. The fraction of sp³-hybridized carbons (Fsp3) is 0.276. The highest BCUT2D eigenvalue weighted by Gasteiger charge is 2.32. The van der Waals surface area contributed by atoms with Crippen molar-refractivity contribution in [2.45, 2.75) is 57.1 Å². The Hall–Kier alpha value is -3.82. The number of rotatable bonds is 13. The number of sulfonamides is 1. The van der Waals surface area contributed by atoms with E-state index in [0.717, 1.165) is 30.4 Å². The van der Waals surface area contributed by atoms with Crippen LogP contribution in [0.2, 0.25) is 0 Å². The summed E-state index contributed by atoms with van der Waals surface area (Å²) in [5.41, 5.74) is 4.42. The molecule has 198 valence electrons. The van der Waals surface area contributed by atoms with Crippen LogP contribution in [0.1, 0.15) is 53.3 Å². The van der Waals surface area contributed by atoms with Crippen LogP contribution in [-0.2, 0) is 47.2 Å². The summed E-state index contributed by atoms with van der Waals surface area (Å²) in [7, 11) is -4.12. The van der Waals surface area contributed by atoms with Gasteiger partial charge in [-0.2, -0.15) is 4.31 Å². The van der Waals surface area contributed by atoms with Gasteiger partial charge in [0.25, 0.3) is 10.0 Å². The van der Waals surface area contributed by atoms with Crippen LogP contribution in [0.15, 0.2) is 88.5 Å². The predicted molar refractivity (Wildman–Crippen MR) is 143 cm³/mol. The van der Waals surface area contributed by atoms with Crippen molar-refractivity contribution in [3.05, 3.63) is 112 Å². The van der Waals surface area contributed by atoms with Gasteiger partial charge in [0, 0.05) is 19.5 Å². The number of hydrogen-bond donors (Lipinski definition) is 1. The molecule has 1 aromatic heterocycles. The number of hydrogen-bond acceptors (Lipinski definition) is 6. The van der Waals surface area contributed by atoms with Crippen molar-refractivity contribution >= 4 is 16.0 Å². The van der Waals surface area contributed by atoms with Crippen LogP contribution in [0.3, 0.4) is 0 Å². The van der Waals surface area contributed by atoms with E-state index in [1.165, 1.54) is 9.87 Å². The number of aryl methyl sites for hydroxylation is 1. The average molecular weight is 534 g/mol. The van der Waals surface area contributed by atoms with E-state index in [1.54, 1.807) is 24.3 Å². The molecule has 1 N–H and O–H groups in total. The zero-order chi connectivity index (χ0) is 27.0. The zero-order valence-electron chi connectivity index (χ0n) is 21.3. The number of carbonyl (C=O) groups is 1. The molecule has 0 unspecified atom stereocenters. The number of benzene rings is 3. The highest BCUT2D eigenvalue weighted by atomic mass is 32.2. The van der Waals surface area contributed by atoms with Gasteiger partial charge in [0.2, 0.25) is 5.03 Å². The minimum Gasteiger partial charge on any atom is -0.481 e. The second-order valence-electron chi connectivity index (χ2n) is 9.26. The third kappa shape index (κ3) is 7.14. The van der Waals surface area contributed by atoms with Gasteiger partial charge in [-0.3, -0.25) is 4.79 Å². The molecule has 9 heteroatoms. The lowest BCUT2D eigenvalue weighted by atomic mass is 10.1. The third-order valence-electron chi connectivity index (χ3n) is 6.23. The summed E-state index contributed by atoms with van der Waals surface area (Å²) in [5.74, 6) is -0.950. The Labute approximate surface area is 222 Å². The molecule has 0 atom stereocenters. The lowest BCUT2D eigenvalue weighted by Crippen LogP contribution is -2.31. The number of carboxylic acids is 1. The van der Waals surface area contributed by atoms with Crippen LogP contribution >= 0.6 is 0 Å². The number of nitrogens with zero attached hydrogens (tertiary/aromatic N) is 3. The number of carboxylic acid groups (broad SMARTS) is 1. The van der Waals surface area contributed by atoms with Gasteiger partial charge in [-0.1, -0.05) is 97.4 Å².